The van der Waals surface area contributed by atoms with Gasteiger partial charge in [-0.25, -0.2) is 9.38 Å². The Kier molecular flexibility index (Phi) is 12.6. The lowest BCUT2D eigenvalue weighted by Crippen LogP contribution is -2.52. The summed E-state index contributed by atoms with van der Waals surface area (Å²) >= 11 is 0. The Balaban J connectivity index is 0.00000450. The molecule has 1 aliphatic heterocycles. The van der Waals surface area contributed by atoms with E-state index in [1.807, 2.05) is 13.0 Å². The van der Waals surface area contributed by atoms with Crippen molar-refractivity contribution < 1.29 is 18.7 Å². The second kappa shape index (κ2) is 14.4. The zero-order valence-electron chi connectivity index (χ0n) is 17.9. The number of halogens is 2. The lowest BCUT2D eigenvalue weighted by Gasteiger charge is -2.36. The van der Waals surface area contributed by atoms with E-state index in [0.29, 0.717) is 19.7 Å². The standard InChI is InChI=1S/C20H32FN5O3.HI/c1-4-22-20(24-14-19(27)23-7-12-28-2)26-10-8-25(9-11-26)15-16-5-6-18(29-3)17(21)13-16;/h5-6,13H,4,7-12,14-15H2,1-3H3,(H,22,24)(H,23,27);1H. The molecule has 0 unspecified atom stereocenters. The molecule has 1 aromatic rings. The summed E-state index contributed by atoms with van der Waals surface area (Å²) in [6.07, 6.45) is 0. The topological polar surface area (TPSA) is 78.4 Å². The van der Waals surface area contributed by atoms with E-state index in [9.17, 15) is 9.18 Å². The molecule has 8 nitrogen and oxygen atoms in total. The minimum Gasteiger partial charge on any atom is -0.494 e. The molecule has 1 fully saturated rings. The van der Waals surface area contributed by atoms with E-state index < -0.39 is 0 Å². The highest BCUT2D eigenvalue weighted by molar-refractivity contribution is 14.0. The second-order valence-corrected chi connectivity index (χ2v) is 6.75. The van der Waals surface area contributed by atoms with Crippen LogP contribution in [0.25, 0.3) is 0 Å². The zero-order chi connectivity index (χ0) is 21.1. The van der Waals surface area contributed by atoms with Gasteiger partial charge in [-0.3, -0.25) is 9.69 Å². The van der Waals surface area contributed by atoms with Gasteiger partial charge in [0, 0.05) is 52.9 Å². The fourth-order valence-corrected chi connectivity index (χ4v) is 3.11. The number of benzene rings is 1. The number of hydrogen-bond donors (Lipinski definition) is 2. The first-order valence-electron chi connectivity index (χ1n) is 9.91. The number of guanidine groups is 1. The molecular formula is C20H33FIN5O3. The summed E-state index contributed by atoms with van der Waals surface area (Å²) in [7, 11) is 3.06. The highest BCUT2D eigenvalue weighted by Gasteiger charge is 2.20. The molecule has 1 aliphatic rings. The third-order valence-electron chi connectivity index (χ3n) is 4.63. The van der Waals surface area contributed by atoms with Gasteiger partial charge in [-0.1, -0.05) is 6.07 Å². The summed E-state index contributed by atoms with van der Waals surface area (Å²) in [5.74, 6) is 0.535. The summed E-state index contributed by atoms with van der Waals surface area (Å²) < 4.78 is 23.8. The van der Waals surface area contributed by atoms with Crippen molar-refractivity contribution >= 4 is 35.8 Å². The van der Waals surface area contributed by atoms with Crippen LogP contribution in [0.15, 0.2) is 23.2 Å². The highest BCUT2D eigenvalue weighted by atomic mass is 127. The minimum absolute atomic E-state index is 0. The molecule has 2 rings (SSSR count). The van der Waals surface area contributed by atoms with Crippen LogP contribution in [0.4, 0.5) is 4.39 Å². The van der Waals surface area contributed by atoms with Gasteiger partial charge in [0.2, 0.25) is 5.91 Å². The van der Waals surface area contributed by atoms with Gasteiger partial charge in [0.05, 0.1) is 13.7 Å². The van der Waals surface area contributed by atoms with Crippen LogP contribution in [0, 0.1) is 5.82 Å². The molecule has 170 valence electrons. The van der Waals surface area contributed by atoms with Crippen molar-refractivity contribution in [2.45, 2.75) is 13.5 Å². The summed E-state index contributed by atoms with van der Waals surface area (Å²) in [6, 6.07) is 5.08. The van der Waals surface area contributed by atoms with Crippen molar-refractivity contribution in [1.29, 1.82) is 0 Å². The number of aliphatic imine (C=N–C) groups is 1. The molecule has 0 aliphatic carbocycles. The number of nitrogens with zero attached hydrogens (tertiary/aromatic N) is 3. The number of methoxy groups -OCH3 is 2. The van der Waals surface area contributed by atoms with E-state index in [0.717, 1.165) is 44.2 Å². The van der Waals surface area contributed by atoms with Crippen LogP contribution in [0.5, 0.6) is 5.75 Å². The highest BCUT2D eigenvalue weighted by Crippen LogP contribution is 2.19. The van der Waals surface area contributed by atoms with Gasteiger partial charge in [-0.05, 0) is 24.6 Å². The van der Waals surface area contributed by atoms with Crippen LogP contribution < -0.4 is 15.4 Å². The Bertz CT molecular complexity index is 684. The summed E-state index contributed by atoms with van der Waals surface area (Å²) in [5.41, 5.74) is 0.921. The van der Waals surface area contributed by atoms with E-state index in [1.165, 1.54) is 13.2 Å². The van der Waals surface area contributed by atoms with Crippen molar-refractivity contribution in [3.63, 3.8) is 0 Å². The van der Waals surface area contributed by atoms with Gasteiger partial charge < -0.3 is 25.0 Å². The van der Waals surface area contributed by atoms with Gasteiger partial charge in [0.1, 0.15) is 6.54 Å². The average Bonchev–Trinajstić information content (AvgIpc) is 2.72. The maximum Gasteiger partial charge on any atom is 0.241 e. The Morgan fingerprint density at radius 2 is 1.93 bits per heavy atom. The normalized spacial score (nSPS) is 14.8. The number of rotatable bonds is 9. The smallest absolute Gasteiger partial charge is 0.241 e. The first kappa shape index (κ1) is 26.4. The van der Waals surface area contributed by atoms with Crippen molar-refractivity contribution in [2.75, 3.05) is 66.6 Å². The van der Waals surface area contributed by atoms with Crippen LogP contribution in [-0.2, 0) is 16.1 Å². The number of piperazine rings is 1. The summed E-state index contributed by atoms with van der Waals surface area (Å²) in [4.78, 5) is 20.7. The monoisotopic (exact) mass is 537 g/mol. The largest absolute Gasteiger partial charge is 0.494 e. The van der Waals surface area contributed by atoms with Crippen molar-refractivity contribution in [3.8, 4) is 5.75 Å². The Morgan fingerprint density at radius 1 is 1.20 bits per heavy atom. The predicted molar refractivity (Wildman–Crippen MR) is 126 cm³/mol. The van der Waals surface area contributed by atoms with Crippen LogP contribution in [-0.4, -0.2) is 88.3 Å². The number of ether oxygens (including phenoxy) is 2. The van der Waals surface area contributed by atoms with Crippen molar-refractivity contribution in [3.05, 3.63) is 29.6 Å². The van der Waals surface area contributed by atoms with E-state index in [4.69, 9.17) is 9.47 Å². The van der Waals surface area contributed by atoms with Gasteiger partial charge in [-0.15, -0.1) is 24.0 Å². The number of amides is 1. The van der Waals surface area contributed by atoms with Crippen LogP contribution >= 0.6 is 24.0 Å². The third kappa shape index (κ3) is 8.60. The lowest BCUT2D eigenvalue weighted by atomic mass is 10.2. The maximum atomic E-state index is 13.9. The Hall–Kier alpha value is -1.66. The third-order valence-corrected chi connectivity index (χ3v) is 4.63. The molecule has 10 heteroatoms. The lowest BCUT2D eigenvalue weighted by molar-refractivity contribution is -0.119. The summed E-state index contributed by atoms with van der Waals surface area (Å²) in [5, 5.41) is 6.01. The minimum atomic E-state index is -0.339. The Labute approximate surface area is 195 Å². The number of carbonyl (C=O) groups is 1. The molecule has 2 N–H and O–H groups in total. The van der Waals surface area contributed by atoms with E-state index in [-0.39, 0.29) is 48.0 Å². The molecule has 1 heterocycles. The van der Waals surface area contributed by atoms with E-state index in [2.05, 4.69) is 25.4 Å². The molecule has 1 aromatic carbocycles. The fourth-order valence-electron chi connectivity index (χ4n) is 3.11. The van der Waals surface area contributed by atoms with Gasteiger partial charge in [0.15, 0.2) is 17.5 Å². The molecule has 0 spiro atoms. The van der Waals surface area contributed by atoms with Gasteiger partial charge >= 0.3 is 0 Å². The Morgan fingerprint density at radius 3 is 2.53 bits per heavy atom. The van der Waals surface area contributed by atoms with Gasteiger partial charge in [-0.2, -0.15) is 0 Å². The average molecular weight is 537 g/mol. The summed E-state index contributed by atoms with van der Waals surface area (Å²) in [6.45, 7) is 7.70. The van der Waals surface area contributed by atoms with Crippen LogP contribution in [0.3, 0.4) is 0 Å². The van der Waals surface area contributed by atoms with E-state index >= 15 is 0 Å². The van der Waals surface area contributed by atoms with Crippen molar-refractivity contribution in [2.24, 2.45) is 4.99 Å². The first-order valence-corrected chi connectivity index (χ1v) is 9.91. The quantitative estimate of drug-likeness (QED) is 0.214. The first-order chi connectivity index (χ1) is 14.1. The molecule has 0 atom stereocenters. The molecule has 0 saturated carbocycles. The zero-order valence-corrected chi connectivity index (χ0v) is 20.3. The molecule has 30 heavy (non-hydrogen) atoms. The molecule has 0 bridgehead atoms. The van der Waals surface area contributed by atoms with Crippen LogP contribution in [0.2, 0.25) is 0 Å². The maximum absolute atomic E-state index is 13.9. The number of hydrogen-bond acceptors (Lipinski definition) is 5. The molecular weight excluding hydrogens is 504 g/mol. The number of carbonyl (C=O) groups excluding carboxylic acids is 1. The molecule has 1 amide bonds. The SMILES string of the molecule is CCNC(=NCC(=O)NCCOC)N1CCN(Cc2ccc(OC)c(F)c2)CC1.I. The molecule has 0 aromatic heterocycles. The predicted octanol–water partition coefficient (Wildman–Crippen LogP) is 1.30. The number of nitrogens with one attached hydrogen (secondary N) is 2. The van der Waals surface area contributed by atoms with Crippen LogP contribution in [0.1, 0.15) is 12.5 Å². The fraction of sp³-hybridized carbons (Fsp3) is 0.600. The second-order valence-electron chi connectivity index (χ2n) is 6.75. The molecule has 0 radical (unpaired) electrons. The van der Waals surface area contributed by atoms with Crippen molar-refractivity contribution in [1.82, 2.24) is 20.4 Å². The van der Waals surface area contributed by atoms with Gasteiger partial charge in [0.25, 0.3) is 0 Å². The molecule has 1 saturated heterocycles. The van der Waals surface area contributed by atoms with E-state index in [1.54, 1.807) is 13.2 Å².